The van der Waals surface area contributed by atoms with Gasteiger partial charge >= 0.3 is 0 Å². The van der Waals surface area contributed by atoms with E-state index in [2.05, 4.69) is 10.6 Å². The second-order valence-corrected chi connectivity index (χ2v) is 10.3. The van der Waals surface area contributed by atoms with Crippen LogP contribution in [0.5, 0.6) is 0 Å². The number of ether oxygens (including phenoxy) is 1. The van der Waals surface area contributed by atoms with Gasteiger partial charge in [0, 0.05) is 6.54 Å². The average molecular weight is 431 g/mol. The lowest BCUT2D eigenvalue weighted by Gasteiger charge is -2.45. The second-order valence-electron chi connectivity index (χ2n) is 9.33. The highest BCUT2D eigenvalue weighted by molar-refractivity contribution is 7.99. The van der Waals surface area contributed by atoms with Gasteiger partial charge in [-0.3, -0.25) is 4.79 Å². The third kappa shape index (κ3) is 5.28. The molecule has 8 heteroatoms. The van der Waals surface area contributed by atoms with Crippen LogP contribution in [0.2, 0.25) is 0 Å². The van der Waals surface area contributed by atoms with Gasteiger partial charge < -0.3 is 30.7 Å². The van der Waals surface area contributed by atoms with Gasteiger partial charge in [0.1, 0.15) is 29.9 Å². The van der Waals surface area contributed by atoms with E-state index in [1.165, 1.54) is 43.9 Å². The van der Waals surface area contributed by atoms with E-state index in [1.54, 1.807) is 6.26 Å². The summed E-state index contributed by atoms with van der Waals surface area (Å²) in [6.45, 7) is 4.78. The average Bonchev–Trinajstić information content (AvgIpc) is 2.62. The Morgan fingerprint density at radius 2 is 1.90 bits per heavy atom. The van der Waals surface area contributed by atoms with E-state index in [-0.39, 0.29) is 17.9 Å². The Morgan fingerprint density at radius 1 is 1.17 bits per heavy atom. The van der Waals surface area contributed by atoms with E-state index in [1.807, 2.05) is 13.8 Å². The summed E-state index contributed by atoms with van der Waals surface area (Å²) < 4.78 is 5.89. The monoisotopic (exact) mass is 430 g/mol. The number of hydrogen-bond acceptors (Lipinski definition) is 7. The van der Waals surface area contributed by atoms with Crippen molar-refractivity contribution in [2.24, 2.45) is 17.8 Å². The Labute approximate surface area is 178 Å². The Balaban J connectivity index is 1.55. The largest absolute Gasteiger partial charge is 0.388 e. The van der Waals surface area contributed by atoms with Gasteiger partial charge in [0.05, 0.1) is 12.1 Å². The van der Waals surface area contributed by atoms with Crippen molar-refractivity contribution < 1.29 is 24.9 Å². The molecule has 0 radical (unpaired) electrons. The molecular formula is C21H38N2O5S. The van der Waals surface area contributed by atoms with Crippen molar-refractivity contribution in [1.82, 2.24) is 10.6 Å². The maximum Gasteiger partial charge on any atom is 0.237 e. The summed E-state index contributed by atoms with van der Waals surface area (Å²) in [6, 6.07) is -0.655. The van der Waals surface area contributed by atoms with Crippen LogP contribution < -0.4 is 10.6 Å². The number of nitrogens with one attached hydrogen (secondary N) is 2. The minimum atomic E-state index is -1.30. The van der Waals surface area contributed by atoms with Crippen LogP contribution in [0.25, 0.3) is 0 Å². The Morgan fingerprint density at radius 3 is 2.41 bits per heavy atom. The normalized spacial score (nSPS) is 38.9. The molecule has 0 bridgehead atoms. The zero-order valence-electron chi connectivity index (χ0n) is 17.8. The number of aliphatic hydroxyl groups excluding tert-OH is 3. The van der Waals surface area contributed by atoms with Gasteiger partial charge in [-0.25, -0.2) is 0 Å². The van der Waals surface area contributed by atoms with Crippen LogP contribution in [0.3, 0.4) is 0 Å². The minimum Gasteiger partial charge on any atom is -0.388 e. The number of thioether (sulfide) groups is 1. The summed E-state index contributed by atoms with van der Waals surface area (Å²) in [5.74, 6) is 1.18. The third-order valence-electron chi connectivity index (χ3n) is 6.99. The molecule has 0 aromatic carbocycles. The van der Waals surface area contributed by atoms with Crippen molar-refractivity contribution in [3.05, 3.63) is 0 Å². The van der Waals surface area contributed by atoms with Crippen LogP contribution in [0, 0.1) is 17.8 Å². The molecule has 29 heavy (non-hydrogen) atoms. The molecule has 1 aliphatic carbocycles. The molecule has 5 N–H and O–H groups in total. The smallest absolute Gasteiger partial charge is 0.237 e. The number of rotatable bonds is 9. The molecular weight excluding hydrogens is 392 g/mol. The predicted octanol–water partition coefficient (Wildman–Crippen LogP) is 0.856. The topological polar surface area (TPSA) is 111 Å². The van der Waals surface area contributed by atoms with Gasteiger partial charge in [-0.05, 0) is 30.4 Å². The molecule has 2 aliphatic heterocycles. The molecule has 7 nitrogen and oxygen atoms in total. The lowest BCUT2D eigenvalue weighted by atomic mass is 9.79. The minimum absolute atomic E-state index is 0.000641. The van der Waals surface area contributed by atoms with E-state index in [4.69, 9.17) is 4.74 Å². The molecule has 3 fully saturated rings. The fraction of sp³-hybridized carbons (Fsp3) is 0.952. The first-order valence-corrected chi connectivity index (χ1v) is 12.4. The first-order valence-electron chi connectivity index (χ1n) is 11.1. The van der Waals surface area contributed by atoms with Gasteiger partial charge in [-0.15, -0.1) is 11.8 Å². The van der Waals surface area contributed by atoms with E-state index in [9.17, 15) is 20.1 Å². The zero-order valence-corrected chi connectivity index (χ0v) is 18.6. The summed E-state index contributed by atoms with van der Waals surface area (Å²) in [5.41, 5.74) is -0.641. The van der Waals surface area contributed by atoms with Crippen LogP contribution in [0.1, 0.15) is 52.4 Å². The highest BCUT2D eigenvalue weighted by Gasteiger charge is 2.48. The Hall–Kier alpha value is -0.380. The first kappa shape index (κ1) is 23.3. The van der Waals surface area contributed by atoms with Crippen LogP contribution in [-0.2, 0) is 9.53 Å². The highest BCUT2D eigenvalue weighted by Crippen LogP contribution is 2.33. The molecule has 1 amide bonds. The summed E-state index contributed by atoms with van der Waals surface area (Å²) in [5, 5.41) is 37.1. The van der Waals surface area contributed by atoms with E-state index in [0.29, 0.717) is 5.92 Å². The van der Waals surface area contributed by atoms with Gasteiger partial charge in [-0.2, -0.15) is 0 Å². The first-order chi connectivity index (χ1) is 13.8. The molecule has 2 heterocycles. The van der Waals surface area contributed by atoms with Gasteiger partial charge in [0.15, 0.2) is 0 Å². The molecule has 168 valence electrons. The molecule has 8 atom stereocenters. The second kappa shape index (κ2) is 10.3. The van der Waals surface area contributed by atoms with Crippen LogP contribution in [-0.4, -0.2) is 76.0 Å². The summed E-state index contributed by atoms with van der Waals surface area (Å²) in [7, 11) is 0. The molecule has 3 rings (SSSR count). The summed E-state index contributed by atoms with van der Waals surface area (Å²) >= 11 is 1.28. The lowest BCUT2D eigenvalue weighted by molar-refractivity contribution is -0.208. The quantitative estimate of drug-likeness (QED) is 0.369. The number of hydrogen-bond donors (Lipinski definition) is 5. The van der Waals surface area contributed by atoms with Gasteiger partial charge in [0.25, 0.3) is 0 Å². The Bertz CT molecular complexity index is 545. The summed E-state index contributed by atoms with van der Waals surface area (Å²) in [6.07, 6.45) is 4.92. The van der Waals surface area contributed by atoms with Crippen molar-refractivity contribution in [2.45, 2.75) is 94.3 Å². The highest BCUT2D eigenvalue weighted by atomic mass is 32.2. The van der Waals surface area contributed by atoms with Crippen molar-refractivity contribution in [3.63, 3.8) is 0 Å². The Kier molecular flexibility index (Phi) is 8.26. The maximum atomic E-state index is 12.9. The molecule has 3 unspecified atom stereocenters. The standard InChI is InChI=1S/C21H38N2O5S/c1-11(2)14(19-17(25)16(24)18(26)21(28-19)29-3)23-20(27)15-13(10-22-15)9-5-8-12-6-4-7-12/h11-19,21-22,24-26H,4-10H2,1-3H3,(H,23,27)/t13?,14?,15?,16-,17+,18+,19+,21+/m1/s1. The molecule has 0 aromatic heterocycles. The van der Waals surface area contributed by atoms with Gasteiger partial charge in [-0.1, -0.05) is 46.0 Å². The number of amides is 1. The molecule has 2 saturated heterocycles. The number of carbonyl (C=O) groups is 1. The number of carbonyl (C=O) groups excluding carboxylic acids is 1. The number of aliphatic hydroxyl groups is 3. The van der Waals surface area contributed by atoms with E-state index < -0.39 is 35.9 Å². The molecule has 0 aromatic rings. The lowest BCUT2D eigenvalue weighted by Crippen LogP contribution is -2.67. The van der Waals surface area contributed by atoms with Crippen molar-refractivity contribution in [2.75, 3.05) is 12.8 Å². The molecule has 1 saturated carbocycles. The SMILES string of the molecule is CS[C@@H]1O[C@@H](C(NC(=O)C2NCC2CCCC2CCC2)C(C)C)[C@@H](O)[C@@H](O)[C@@H]1O. The summed E-state index contributed by atoms with van der Waals surface area (Å²) in [4.78, 5) is 12.9. The van der Waals surface area contributed by atoms with Crippen LogP contribution in [0.15, 0.2) is 0 Å². The maximum absolute atomic E-state index is 12.9. The van der Waals surface area contributed by atoms with Crippen molar-refractivity contribution in [1.29, 1.82) is 0 Å². The van der Waals surface area contributed by atoms with Crippen LogP contribution in [0.4, 0.5) is 0 Å². The zero-order chi connectivity index (χ0) is 21.1. The molecule has 3 aliphatic rings. The predicted molar refractivity (Wildman–Crippen MR) is 113 cm³/mol. The van der Waals surface area contributed by atoms with E-state index >= 15 is 0 Å². The fourth-order valence-corrected chi connectivity index (χ4v) is 5.35. The molecule has 0 spiro atoms. The van der Waals surface area contributed by atoms with Crippen molar-refractivity contribution in [3.8, 4) is 0 Å². The van der Waals surface area contributed by atoms with Crippen molar-refractivity contribution >= 4 is 17.7 Å². The fourth-order valence-electron chi connectivity index (χ4n) is 4.68. The third-order valence-corrected chi connectivity index (χ3v) is 7.84. The van der Waals surface area contributed by atoms with Gasteiger partial charge in [0.2, 0.25) is 5.91 Å². The van der Waals surface area contributed by atoms with Crippen LogP contribution >= 0.6 is 11.8 Å². The van der Waals surface area contributed by atoms with E-state index in [0.717, 1.165) is 18.9 Å².